The van der Waals surface area contributed by atoms with E-state index in [1.165, 1.54) is 5.32 Å². The number of amides is 2. The van der Waals surface area contributed by atoms with Crippen molar-refractivity contribution in [1.82, 2.24) is 10.6 Å². The molecule has 1 aliphatic rings. The summed E-state index contributed by atoms with van der Waals surface area (Å²) in [6.07, 6.45) is -5.36. The molecule has 3 atom stereocenters. The van der Waals surface area contributed by atoms with Gasteiger partial charge in [0.25, 0.3) is 0 Å². The highest BCUT2D eigenvalue weighted by Crippen LogP contribution is 2.43. The van der Waals surface area contributed by atoms with Crippen LogP contribution in [0.5, 0.6) is 0 Å². The lowest BCUT2D eigenvalue weighted by atomic mass is 9.81. The van der Waals surface area contributed by atoms with Crippen LogP contribution in [0.15, 0.2) is 16.5 Å². The fourth-order valence-electron chi connectivity index (χ4n) is 2.37. The molecule has 2 amide bonds. The molecule has 0 radical (unpaired) electrons. The number of aliphatic hydroxyl groups is 1. The van der Waals surface area contributed by atoms with Crippen LogP contribution in [0.3, 0.4) is 0 Å². The van der Waals surface area contributed by atoms with E-state index in [2.05, 4.69) is 0 Å². The third kappa shape index (κ3) is 2.72. The van der Waals surface area contributed by atoms with E-state index < -0.39 is 52.2 Å². The molecule has 1 aromatic rings. The lowest BCUT2D eigenvalue weighted by Gasteiger charge is -2.43. The van der Waals surface area contributed by atoms with Gasteiger partial charge in [-0.15, -0.1) is 0 Å². The molecule has 12 heteroatoms. The zero-order chi connectivity index (χ0) is 17.6. The quantitative estimate of drug-likeness (QED) is 0.556. The van der Waals surface area contributed by atoms with E-state index in [9.17, 15) is 38.0 Å². The Balaban J connectivity index is 2.53. The summed E-state index contributed by atoms with van der Waals surface area (Å²) in [6, 6.07) is -1.35. The van der Waals surface area contributed by atoms with E-state index >= 15 is 0 Å². The van der Waals surface area contributed by atoms with E-state index in [1.807, 2.05) is 5.32 Å². The van der Waals surface area contributed by atoms with Crippen LogP contribution in [-0.2, 0) is 4.79 Å². The van der Waals surface area contributed by atoms with Gasteiger partial charge in [0.15, 0.2) is 0 Å². The molecular weight excluding hydrogens is 327 g/mol. The van der Waals surface area contributed by atoms with Crippen molar-refractivity contribution >= 4 is 17.7 Å². The highest BCUT2D eigenvalue weighted by molar-refractivity contribution is 5.85. The minimum atomic E-state index is -5.36. The Bertz CT molecular complexity index is 672. The lowest BCUT2D eigenvalue weighted by Crippen LogP contribution is -2.72. The summed E-state index contributed by atoms with van der Waals surface area (Å²) < 4.78 is 44.2. The molecule has 1 aliphatic heterocycles. The predicted octanol–water partition coefficient (Wildman–Crippen LogP) is 0.998. The Kier molecular flexibility index (Phi) is 3.80. The van der Waals surface area contributed by atoms with Gasteiger partial charge < -0.3 is 20.2 Å². The van der Waals surface area contributed by atoms with Crippen LogP contribution >= 0.6 is 0 Å². The minimum Gasteiger partial charge on any atom is -0.404 e. The van der Waals surface area contributed by atoms with Crippen molar-refractivity contribution in [3.8, 4) is 0 Å². The first-order valence-electron chi connectivity index (χ1n) is 6.09. The fraction of sp³-hybridized carbons (Fsp3) is 0.455. The molecule has 0 saturated carbocycles. The molecule has 2 rings (SSSR count). The van der Waals surface area contributed by atoms with E-state index in [4.69, 9.17) is 4.42 Å². The maximum absolute atomic E-state index is 13.1. The number of furan rings is 1. The van der Waals surface area contributed by atoms with Gasteiger partial charge in [-0.2, -0.15) is 13.2 Å². The number of nitrogens with zero attached hydrogens (tertiary/aromatic N) is 1. The van der Waals surface area contributed by atoms with Gasteiger partial charge in [0.2, 0.25) is 5.72 Å². The van der Waals surface area contributed by atoms with E-state index in [0.717, 1.165) is 19.1 Å². The largest absolute Gasteiger partial charge is 0.437 e. The average molecular weight is 337 g/mol. The highest BCUT2D eigenvalue weighted by atomic mass is 19.4. The Morgan fingerprint density at radius 1 is 1.48 bits per heavy atom. The SMILES string of the molecule is CC(=O)[C@H]1[C@@H](c2ccc([N+](=O)[O-])o2)NC(=O)N[C@]1(O)C(F)(F)F. The van der Waals surface area contributed by atoms with E-state index in [0.29, 0.717) is 0 Å². The summed E-state index contributed by atoms with van der Waals surface area (Å²) in [7, 11) is 0. The molecule has 0 bridgehead atoms. The zero-order valence-electron chi connectivity index (χ0n) is 11.4. The Hall–Kier alpha value is -2.63. The Morgan fingerprint density at radius 2 is 2.09 bits per heavy atom. The summed E-state index contributed by atoms with van der Waals surface area (Å²) in [6.45, 7) is 0.783. The van der Waals surface area contributed by atoms with Gasteiger partial charge in [-0.3, -0.25) is 14.9 Å². The van der Waals surface area contributed by atoms with Gasteiger partial charge in [-0.1, -0.05) is 0 Å². The summed E-state index contributed by atoms with van der Waals surface area (Å²) >= 11 is 0. The summed E-state index contributed by atoms with van der Waals surface area (Å²) in [5.74, 6) is -4.56. The third-order valence-electron chi connectivity index (χ3n) is 3.34. The number of Topliss-reactive ketones (excluding diaryl/α,β-unsaturated/α-hetero) is 1. The molecule has 3 N–H and O–H groups in total. The van der Waals surface area contributed by atoms with Gasteiger partial charge in [-0.25, -0.2) is 4.79 Å². The number of hydrogen-bond donors (Lipinski definition) is 3. The molecule has 23 heavy (non-hydrogen) atoms. The summed E-state index contributed by atoms with van der Waals surface area (Å²) in [5.41, 5.74) is -3.84. The van der Waals surface area contributed by atoms with Crippen molar-refractivity contribution < 1.29 is 37.2 Å². The van der Waals surface area contributed by atoms with Gasteiger partial charge in [0.05, 0.1) is 6.07 Å². The van der Waals surface area contributed by atoms with Crippen LogP contribution in [0.1, 0.15) is 18.7 Å². The number of nitro groups is 1. The number of alkyl halides is 3. The summed E-state index contributed by atoms with van der Waals surface area (Å²) in [5, 5.41) is 23.7. The van der Waals surface area contributed by atoms with Crippen molar-refractivity contribution in [2.45, 2.75) is 24.9 Å². The number of hydrogen-bond acceptors (Lipinski definition) is 6. The van der Waals surface area contributed by atoms with Gasteiger partial charge in [0, 0.05) is 0 Å². The molecular formula is C11H10F3N3O6. The molecule has 126 valence electrons. The maximum atomic E-state index is 13.1. The van der Waals surface area contributed by atoms with Crippen molar-refractivity contribution in [1.29, 1.82) is 0 Å². The number of nitrogens with one attached hydrogen (secondary N) is 2. The molecule has 1 saturated heterocycles. The van der Waals surface area contributed by atoms with Crippen molar-refractivity contribution in [3.63, 3.8) is 0 Å². The fourth-order valence-corrected chi connectivity index (χ4v) is 2.37. The van der Waals surface area contributed by atoms with Crippen molar-refractivity contribution in [3.05, 3.63) is 28.0 Å². The standard InChI is InChI=1S/C11H10F3N3O6/c1-4(18)7-8(5-2-3-6(23-5)17(21)22)15-9(19)16-10(7,20)11(12,13)14/h2-3,7-8,20H,1H3,(H2,15,16,19)/t7-,8+,10+/m0/s1. The van der Waals surface area contributed by atoms with Gasteiger partial charge in [-0.05, 0) is 13.0 Å². The van der Waals surface area contributed by atoms with Crippen LogP contribution in [0.2, 0.25) is 0 Å². The van der Waals surface area contributed by atoms with Crippen LogP contribution in [-0.4, -0.2) is 33.7 Å². The molecule has 0 aromatic carbocycles. The molecule has 9 nitrogen and oxygen atoms in total. The smallest absolute Gasteiger partial charge is 0.404 e. The van der Waals surface area contributed by atoms with Crippen LogP contribution in [0.25, 0.3) is 0 Å². The molecule has 0 aliphatic carbocycles. The number of carbonyl (C=O) groups excluding carboxylic acids is 2. The normalized spacial score (nSPS) is 28.0. The van der Waals surface area contributed by atoms with Gasteiger partial charge in [0.1, 0.15) is 28.4 Å². The molecule has 1 aromatic heterocycles. The third-order valence-corrected chi connectivity index (χ3v) is 3.34. The number of carbonyl (C=O) groups is 2. The second-order valence-corrected chi connectivity index (χ2v) is 4.86. The second-order valence-electron chi connectivity index (χ2n) is 4.86. The number of urea groups is 1. The van der Waals surface area contributed by atoms with E-state index in [1.54, 1.807) is 0 Å². The maximum Gasteiger partial charge on any atom is 0.437 e. The molecule has 0 unspecified atom stereocenters. The molecule has 0 spiro atoms. The number of halogens is 3. The average Bonchev–Trinajstić information content (AvgIpc) is 2.85. The highest BCUT2D eigenvalue weighted by Gasteiger charge is 2.66. The first-order valence-corrected chi connectivity index (χ1v) is 6.09. The predicted molar refractivity (Wildman–Crippen MR) is 64.9 cm³/mol. The van der Waals surface area contributed by atoms with Crippen molar-refractivity contribution in [2.75, 3.05) is 0 Å². The van der Waals surface area contributed by atoms with Crippen LogP contribution < -0.4 is 10.6 Å². The first kappa shape index (κ1) is 16.7. The lowest BCUT2D eigenvalue weighted by molar-refractivity contribution is -0.402. The van der Waals surface area contributed by atoms with Crippen LogP contribution in [0, 0.1) is 16.0 Å². The number of ketones is 1. The van der Waals surface area contributed by atoms with Crippen LogP contribution in [0.4, 0.5) is 23.8 Å². The van der Waals surface area contributed by atoms with Crippen molar-refractivity contribution in [2.24, 2.45) is 5.92 Å². The Labute approximate surface area is 125 Å². The zero-order valence-corrected chi connectivity index (χ0v) is 11.4. The van der Waals surface area contributed by atoms with E-state index in [-0.39, 0.29) is 0 Å². The second kappa shape index (κ2) is 5.22. The Morgan fingerprint density at radius 3 is 2.52 bits per heavy atom. The van der Waals surface area contributed by atoms with Gasteiger partial charge >= 0.3 is 18.1 Å². The number of rotatable bonds is 3. The minimum absolute atomic E-state index is 0.463. The molecule has 2 heterocycles. The first-order chi connectivity index (χ1) is 10.5. The molecule has 1 fully saturated rings. The summed E-state index contributed by atoms with van der Waals surface area (Å²) in [4.78, 5) is 32.8. The topological polar surface area (TPSA) is 135 Å². The monoisotopic (exact) mass is 337 g/mol.